The summed E-state index contributed by atoms with van der Waals surface area (Å²) in [5, 5.41) is 6.22. The van der Waals surface area contributed by atoms with Gasteiger partial charge in [0.15, 0.2) is 0 Å². The van der Waals surface area contributed by atoms with Gasteiger partial charge in [-0.2, -0.15) is 18.2 Å². The second-order valence-corrected chi connectivity index (χ2v) is 7.13. The Kier molecular flexibility index (Phi) is 6.58. The minimum atomic E-state index is -4.54. The summed E-state index contributed by atoms with van der Waals surface area (Å²) < 4.78 is 44.1. The molecule has 3 aromatic rings. The number of carbonyl (C=O) groups excluding carboxylic acids is 1. The van der Waals surface area contributed by atoms with Crippen molar-refractivity contribution < 1.29 is 22.5 Å². The number of benzene rings is 2. The predicted octanol–water partition coefficient (Wildman–Crippen LogP) is 5.19. The fraction of sp³-hybridized carbons (Fsp3) is 0.250. The van der Waals surface area contributed by atoms with Crippen LogP contribution in [0.3, 0.4) is 0 Å². The number of carbonyl (C=O) groups is 1. The molecule has 0 saturated carbocycles. The van der Waals surface area contributed by atoms with E-state index in [1.54, 1.807) is 0 Å². The summed E-state index contributed by atoms with van der Waals surface area (Å²) in [6, 6.07) is 12.7. The lowest BCUT2D eigenvalue weighted by Crippen LogP contribution is -2.18. The van der Waals surface area contributed by atoms with Gasteiger partial charge in [-0.3, -0.25) is 4.79 Å². The van der Waals surface area contributed by atoms with Gasteiger partial charge in [-0.15, -0.1) is 11.8 Å². The predicted molar refractivity (Wildman–Crippen MR) is 105 cm³/mol. The number of aromatic nitrogens is 2. The highest BCUT2D eigenvalue weighted by Gasteiger charge is 2.33. The first-order valence-corrected chi connectivity index (χ1v) is 9.98. The van der Waals surface area contributed by atoms with Crippen molar-refractivity contribution in [3.05, 3.63) is 65.5 Å². The first kappa shape index (κ1) is 20.9. The quantitative estimate of drug-likeness (QED) is 0.569. The van der Waals surface area contributed by atoms with Crippen LogP contribution in [0.2, 0.25) is 0 Å². The minimum absolute atomic E-state index is 0.0465. The average molecular weight is 421 g/mol. The van der Waals surface area contributed by atoms with Crippen LogP contribution in [0, 0.1) is 0 Å². The third-order valence-corrected chi connectivity index (χ3v) is 4.97. The molecule has 1 heterocycles. The van der Waals surface area contributed by atoms with Gasteiger partial charge >= 0.3 is 6.18 Å². The van der Waals surface area contributed by atoms with E-state index < -0.39 is 17.6 Å². The molecule has 0 aliphatic carbocycles. The molecule has 5 nitrogen and oxygen atoms in total. The summed E-state index contributed by atoms with van der Waals surface area (Å²) in [5.41, 5.74) is 0.880. The van der Waals surface area contributed by atoms with E-state index in [9.17, 15) is 18.0 Å². The molecule has 1 amide bonds. The van der Waals surface area contributed by atoms with Gasteiger partial charge in [-0.25, -0.2) is 0 Å². The summed E-state index contributed by atoms with van der Waals surface area (Å²) in [5.74, 6) is 0.477. The van der Waals surface area contributed by atoms with Crippen LogP contribution in [0.1, 0.15) is 23.9 Å². The number of nitrogens with zero attached hydrogens (tertiary/aromatic N) is 2. The molecule has 1 aromatic heterocycles. The van der Waals surface area contributed by atoms with Crippen LogP contribution in [0.4, 0.5) is 18.9 Å². The van der Waals surface area contributed by atoms with E-state index in [-0.39, 0.29) is 17.2 Å². The molecule has 3 rings (SSSR count). The Morgan fingerprint density at radius 1 is 1.14 bits per heavy atom. The largest absolute Gasteiger partial charge is 0.418 e. The van der Waals surface area contributed by atoms with Crippen molar-refractivity contribution >= 4 is 23.4 Å². The summed E-state index contributed by atoms with van der Waals surface area (Å²) in [6.07, 6.45) is -3.60. The second-order valence-electron chi connectivity index (χ2n) is 6.15. The SMILES string of the molecule is CCc1ccc(-c2noc(CSCC(=O)Nc3ccccc3C(F)(F)F)n2)cc1. The van der Waals surface area contributed by atoms with Gasteiger partial charge in [0, 0.05) is 5.56 Å². The number of anilines is 1. The highest BCUT2D eigenvalue weighted by molar-refractivity contribution is 7.99. The molecule has 1 N–H and O–H groups in total. The molecule has 9 heteroatoms. The Morgan fingerprint density at radius 3 is 2.55 bits per heavy atom. The third kappa shape index (κ3) is 5.60. The average Bonchev–Trinajstić information content (AvgIpc) is 3.16. The monoisotopic (exact) mass is 421 g/mol. The number of para-hydroxylation sites is 1. The number of amides is 1. The number of nitrogens with one attached hydrogen (secondary N) is 1. The maximum absolute atomic E-state index is 13.0. The molecule has 0 saturated heterocycles. The maximum atomic E-state index is 13.0. The summed E-state index contributed by atoms with van der Waals surface area (Å²) >= 11 is 1.17. The summed E-state index contributed by atoms with van der Waals surface area (Å²) in [6.45, 7) is 2.07. The van der Waals surface area contributed by atoms with Crippen LogP contribution >= 0.6 is 11.8 Å². The Hall–Kier alpha value is -2.81. The van der Waals surface area contributed by atoms with Crippen molar-refractivity contribution in [2.45, 2.75) is 25.3 Å². The van der Waals surface area contributed by atoms with Crippen molar-refractivity contribution in [3.63, 3.8) is 0 Å². The van der Waals surface area contributed by atoms with Gasteiger partial charge in [0.2, 0.25) is 17.6 Å². The third-order valence-electron chi connectivity index (χ3n) is 4.05. The number of rotatable bonds is 7. The van der Waals surface area contributed by atoms with Gasteiger partial charge in [0.25, 0.3) is 0 Å². The standard InChI is InChI=1S/C20H18F3N3O2S/c1-2-13-7-9-14(10-8-13)19-25-18(28-26-19)12-29-11-17(27)24-16-6-4-3-5-15(16)20(21,22)23/h3-10H,2,11-12H2,1H3,(H,24,27). The number of hydrogen-bond donors (Lipinski definition) is 1. The molecule has 29 heavy (non-hydrogen) atoms. The minimum Gasteiger partial charge on any atom is -0.338 e. The van der Waals surface area contributed by atoms with Crippen LogP contribution in [0.25, 0.3) is 11.4 Å². The van der Waals surface area contributed by atoms with E-state index in [1.807, 2.05) is 24.3 Å². The molecular weight excluding hydrogens is 403 g/mol. The molecule has 0 radical (unpaired) electrons. The first-order valence-electron chi connectivity index (χ1n) is 8.82. The topological polar surface area (TPSA) is 68.0 Å². The Bertz CT molecular complexity index is 972. The molecule has 0 spiro atoms. The zero-order valence-electron chi connectivity index (χ0n) is 15.5. The Morgan fingerprint density at radius 2 is 1.86 bits per heavy atom. The van der Waals surface area contributed by atoms with Crippen LogP contribution < -0.4 is 5.32 Å². The molecule has 152 valence electrons. The van der Waals surface area contributed by atoms with Gasteiger partial charge in [-0.1, -0.05) is 48.5 Å². The normalized spacial score (nSPS) is 11.4. The van der Waals surface area contributed by atoms with E-state index in [0.717, 1.165) is 18.1 Å². The Balaban J connectivity index is 1.53. The zero-order valence-corrected chi connectivity index (χ0v) is 16.3. The lowest BCUT2D eigenvalue weighted by Gasteiger charge is -2.13. The molecule has 0 fully saturated rings. The lowest BCUT2D eigenvalue weighted by molar-refractivity contribution is -0.137. The molecule has 0 bridgehead atoms. The first-order chi connectivity index (χ1) is 13.9. The van der Waals surface area contributed by atoms with Crippen LogP contribution in [0.5, 0.6) is 0 Å². The number of halogens is 3. The molecule has 0 aliphatic heterocycles. The van der Waals surface area contributed by atoms with Gasteiger partial charge in [0.05, 0.1) is 22.8 Å². The highest BCUT2D eigenvalue weighted by Crippen LogP contribution is 2.34. The van der Waals surface area contributed by atoms with E-state index in [4.69, 9.17) is 4.52 Å². The van der Waals surface area contributed by atoms with Crippen LogP contribution in [-0.4, -0.2) is 21.8 Å². The van der Waals surface area contributed by atoms with Crippen molar-refractivity contribution in [2.24, 2.45) is 0 Å². The lowest BCUT2D eigenvalue weighted by atomic mass is 10.1. The molecule has 0 atom stereocenters. The molecule has 0 aliphatic rings. The van der Waals surface area contributed by atoms with Crippen molar-refractivity contribution in [1.29, 1.82) is 0 Å². The van der Waals surface area contributed by atoms with E-state index in [0.29, 0.717) is 11.7 Å². The van der Waals surface area contributed by atoms with E-state index in [2.05, 4.69) is 22.4 Å². The van der Waals surface area contributed by atoms with E-state index >= 15 is 0 Å². The number of hydrogen-bond acceptors (Lipinski definition) is 5. The summed E-state index contributed by atoms with van der Waals surface area (Å²) in [4.78, 5) is 16.3. The summed E-state index contributed by atoms with van der Waals surface area (Å²) in [7, 11) is 0. The van der Waals surface area contributed by atoms with Crippen molar-refractivity contribution in [1.82, 2.24) is 10.1 Å². The molecular formula is C20H18F3N3O2S. The van der Waals surface area contributed by atoms with Crippen LogP contribution in [-0.2, 0) is 23.1 Å². The smallest absolute Gasteiger partial charge is 0.338 e. The number of aryl methyl sites for hydroxylation is 1. The fourth-order valence-electron chi connectivity index (χ4n) is 2.58. The molecule has 0 unspecified atom stereocenters. The van der Waals surface area contributed by atoms with Gasteiger partial charge in [-0.05, 0) is 24.1 Å². The van der Waals surface area contributed by atoms with Gasteiger partial charge in [0.1, 0.15) is 0 Å². The van der Waals surface area contributed by atoms with Crippen molar-refractivity contribution in [2.75, 3.05) is 11.1 Å². The number of thioether (sulfide) groups is 1. The fourth-order valence-corrected chi connectivity index (χ4v) is 3.23. The zero-order chi connectivity index (χ0) is 20.9. The molecule has 2 aromatic carbocycles. The number of alkyl halides is 3. The van der Waals surface area contributed by atoms with Crippen LogP contribution in [0.15, 0.2) is 53.1 Å². The highest BCUT2D eigenvalue weighted by atomic mass is 32.2. The Labute approximate surface area is 169 Å². The second kappa shape index (κ2) is 9.13. The maximum Gasteiger partial charge on any atom is 0.418 e. The van der Waals surface area contributed by atoms with E-state index in [1.165, 1.54) is 35.5 Å². The van der Waals surface area contributed by atoms with Gasteiger partial charge < -0.3 is 9.84 Å². The van der Waals surface area contributed by atoms with Crippen molar-refractivity contribution in [3.8, 4) is 11.4 Å².